The Kier molecular flexibility index (Phi) is 6.50. The van der Waals surface area contributed by atoms with Gasteiger partial charge in [0.25, 0.3) is 5.69 Å². The Labute approximate surface area is 169 Å². The first kappa shape index (κ1) is 21.1. The fourth-order valence-corrected chi connectivity index (χ4v) is 2.89. The number of rotatable bonds is 9. The van der Waals surface area contributed by atoms with Gasteiger partial charge in [-0.25, -0.2) is 18.7 Å². The van der Waals surface area contributed by atoms with Crippen LogP contribution in [0.25, 0.3) is 11.0 Å². The summed E-state index contributed by atoms with van der Waals surface area (Å²) in [5.41, 5.74) is 1.20. The maximum Gasteiger partial charge on any atom is 0.295 e. The van der Waals surface area contributed by atoms with Crippen LogP contribution in [0.5, 0.6) is 5.88 Å². The molecule has 0 fully saturated rings. The molecule has 0 spiro atoms. The average molecular weight is 419 g/mol. The number of nitrogens with one attached hydrogen (secondary N) is 1. The molecule has 2 heterocycles. The van der Waals surface area contributed by atoms with Crippen molar-refractivity contribution in [2.24, 2.45) is 0 Å². The van der Waals surface area contributed by atoms with Gasteiger partial charge in [-0.05, 0) is 18.6 Å². The van der Waals surface area contributed by atoms with Crippen LogP contribution < -0.4 is 10.1 Å². The monoisotopic (exact) mass is 419 g/mol. The number of alkyl halides is 2. The summed E-state index contributed by atoms with van der Waals surface area (Å²) >= 11 is 0. The molecule has 1 aromatic carbocycles. The second-order valence-electron chi connectivity index (χ2n) is 6.54. The molecule has 0 saturated heterocycles. The quantitative estimate of drug-likeness (QED) is 0.422. The molecule has 1 N–H and O–H groups in total. The van der Waals surface area contributed by atoms with Crippen molar-refractivity contribution < 1.29 is 23.2 Å². The van der Waals surface area contributed by atoms with Crippen LogP contribution >= 0.6 is 0 Å². The molecule has 1 amide bonds. The van der Waals surface area contributed by atoms with Crippen molar-refractivity contribution in [3.63, 3.8) is 0 Å². The number of para-hydroxylation sites is 1. The number of hydrogen-bond acceptors (Lipinski definition) is 6. The predicted octanol–water partition coefficient (Wildman–Crippen LogP) is 2.90. The summed E-state index contributed by atoms with van der Waals surface area (Å²) < 4.78 is 31.5. The first-order chi connectivity index (χ1) is 14.4. The van der Waals surface area contributed by atoms with E-state index in [1.54, 1.807) is 19.1 Å². The van der Waals surface area contributed by atoms with E-state index in [1.807, 2.05) is 0 Å². The topological polar surface area (TPSA) is 112 Å². The molecule has 0 aliphatic heterocycles. The lowest BCUT2D eigenvalue weighted by atomic mass is 10.1. The van der Waals surface area contributed by atoms with Crippen LogP contribution in [0.2, 0.25) is 0 Å². The molecule has 9 nitrogen and oxygen atoms in total. The van der Waals surface area contributed by atoms with E-state index in [-0.39, 0.29) is 29.5 Å². The van der Waals surface area contributed by atoms with Crippen LogP contribution in [-0.2, 0) is 11.3 Å². The summed E-state index contributed by atoms with van der Waals surface area (Å²) in [5.74, 6) is -0.301. The number of carbonyl (C=O) groups is 1. The number of benzene rings is 1. The highest BCUT2D eigenvalue weighted by atomic mass is 19.1. The van der Waals surface area contributed by atoms with E-state index in [1.165, 1.54) is 35.3 Å². The lowest BCUT2D eigenvalue weighted by Crippen LogP contribution is -2.30. The van der Waals surface area contributed by atoms with Gasteiger partial charge in [-0.3, -0.25) is 14.9 Å². The first-order valence-corrected chi connectivity index (χ1v) is 9.05. The summed E-state index contributed by atoms with van der Waals surface area (Å²) in [6.07, 6.45) is 1.61. The van der Waals surface area contributed by atoms with Gasteiger partial charge in [0.1, 0.15) is 25.4 Å². The van der Waals surface area contributed by atoms with Gasteiger partial charge in [0.05, 0.1) is 22.8 Å². The summed E-state index contributed by atoms with van der Waals surface area (Å²) in [5, 5.41) is 14.0. The average Bonchev–Trinajstić information content (AvgIpc) is 3.15. The van der Waals surface area contributed by atoms with E-state index >= 15 is 0 Å². The third-order valence-corrected chi connectivity index (χ3v) is 4.40. The Morgan fingerprint density at radius 3 is 2.67 bits per heavy atom. The van der Waals surface area contributed by atoms with Gasteiger partial charge in [-0.2, -0.15) is 0 Å². The van der Waals surface area contributed by atoms with E-state index in [4.69, 9.17) is 4.74 Å². The zero-order chi connectivity index (χ0) is 21.7. The van der Waals surface area contributed by atoms with E-state index in [9.17, 15) is 23.7 Å². The molecule has 0 saturated carbocycles. The summed E-state index contributed by atoms with van der Waals surface area (Å²) in [4.78, 5) is 31.3. The van der Waals surface area contributed by atoms with Crippen molar-refractivity contribution in [3.8, 4) is 5.88 Å². The van der Waals surface area contributed by atoms with Gasteiger partial charge in [0, 0.05) is 18.3 Å². The molecule has 30 heavy (non-hydrogen) atoms. The zero-order valence-corrected chi connectivity index (χ0v) is 16.0. The van der Waals surface area contributed by atoms with E-state index < -0.39 is 30.4 Å². The van der Waals surface area contributed by atoms with Gasteiger partial charge in [0.15, 0.2) is 6.10 Å². The number of hydrogen-bond donors (Lipinski definition) is 1. The van der Waals surface area contributed by atoms with Crippen LogP contribution in [0.1, 0.15) is 18.5 Å². The molecule has 3 rings (SSSR count). The van der Waals surface area contributed by atoms with Crippen molar-refractivity contribution >= 4 is 22.6 Å². The number of carbonyl (C=O) groups excluding carboxylic acids is 1. The van der Waals surface area contributed by atoms with Gasteiger partial charge < -0.3 is 14.6 Å². The Balaban J connectivity index is 1.67. The molecule has 1 unspecified atom stereocenters. The Morgan fingerprint density at radius 1 is 1.27 bits per heavy atom. The molecule has 158 valence electrons. The molecule has 1 atom stereocenters. The predicted molar refractivity (Wildman–Crippen MR) is 104 cm³/mol. The standard InChI is InChI=1S/C19H19F2N5O4/c1-12(13-5-6-18(22-9-13)30-14(7-20)8-21)24-17(27)10-25-11-23-15-3-2-4-16(19(15)25)26(28)29/h2-6,9,11-12,14H,7-8,10H2,1H3,(H,24,27). The molecule has 0 bridgehead atoms. The van der Waals surface area contributed by atoms with Crippen molar-refractivity contribution in [3.05, 3.63) is 58.5 Å². The van der Waals surface area contributed by atoms with Crippen LogP contribution in [0, 0.1) is 10.1 Å². The smallest absolute Gasteiger partial charge is 0.295 e. The molecule has 0 aliphatic carbocycles. The van der Waals surface area contributed by atoms with Gasteiger partial charge in [-0.15, -0.1) is 0 Å². The normalized spacial score (nSPS) is 12.1. The van der Waals surface area contributed by atoms with Crippen LogP contribution in [0.3, 0.4) is 0 Å². The lowest BCUT2D eigenvalue weighted by molar-refractivity contribution is -0.383. The number of halogens is 2. The van der Waals surface area contributed by atoms with Crippen LogP contribution in [0.4, 0.5) is 14.5 Å². The Morgan fingerprint density at radius 2 is 2.03 bits per heavy atom. The van der Waals surface area contributed by atoms with Crippen LogP contribution in [0.15, 0.2) is 42.9 Å². The molecule has 0 radical (unpaired) electrons. The Bertz CT molecular complexity index is 1040. The molecular weight excluding hydrogens is 400 g/mol. The van der Waals surface area contributed by atoms with Gasteiger partial charge in [0.2, 0.25) is 11.8 Å². The molecular formula is C19H19F2N5O4. The van der Waals surface area contributed by atoms with Gasteiger partial charge >= 0.3 is 0 Å². The number of nitro benzene ring substituents is 1. The summed E-state index contributed by atoms with van der Waals surface area (Å²) in [6, 6.07) is 7.17. The summed E-state index contributed by atoms with van der Waals surface area (Å²) in [6.45, 7) is -0.355. The number of pyridine rings is 1. The third kappa shape index (κ3) is 4.67. The maximum atomic E-state index is 12.5. The van der Waals surface area contributed by atoms with E-state index in [0.717, 1.165) is 0 Å². The van der Waals surface area contributed by atoms with Crippen molar-refractivity contribution in [1.82, 2.24) is 19.9 Å². The van der Waals surface area contributed by atoms with Crippen molar-refractivity contribution in [2.45, 2.75) is 25.6 Å². The number of imidazole rings is 1. The number of ether oxygens (including phenoxy) is 1. The number of aromatic nitrogens is 3. The number of fused-ring (bicyclic) bond motifs is 1. The number of non-ortho nitro benzene ring substituents is 1. The number of amides is 1. The SMILES string of the molecule is CC(NC(=O)Cn1cnc2cccc([N+](=O)[O-])c21)c1ccc(OC(CF)CF)nc1. The second kappa shape index (κ2) is 9.25. The minimum Gasteiger partial charge on any atom is -0.469 e. The van der Waals surface area contributed by atoms with Crippen molar-refractivity contribution in [2.75, 3.05) is 13.3 Å². The highest BCUT2D eigenvalue weighted by Crippen LogP contribution is 2.24. The molecule has 11 heteroatoms. The highest BCUT2D eigenvalue weighted by Gasteiger charge is 2.19. The second-order valence-corrected chi connectivity index (χ2v) is 6.54. The van der Waals surface area contributed by atoms with E-state index in [0.29, 0.717) is 11.1 Å². The third-order valence-electron chi connectivity index (χ3n) is 4.40. The van der Waals surface area contributed by atoms with Gasteiger partial charge in [-0.1, -0.05) is 12.1 Å². The fourth-order valence-electron chi connectivity index (χ4n) is 2.89. The fraction of sp³-hybridized carbons (Fsp3) is 0.316. The first-order valence-electron chi connectivity index (χ1n) is 9.05. The minimum atomic E-state index is -1.20. The minimum absolute atomic E-state index is 0.0785. The summed E-state index contributed by atoms with van der Waals surface area (Å²) in [7, 11) is 0. The lowest BCUT2D eigenvalue weighted by Gasteiger charge is -2.16. The molecule has 3 aromatic rings. The zero-order valence-electron chi connectivity index (χ0n) is 16.0. The number of nitrogens with zero attached hydrogens (tertiary/aromatic N) is 4. The van der Waals surface area contributed by atoms with Crippen molar-refractivity contribution in [1.29, 1.82) is 0 Å². The molecule has 0 aliphatic rings. The van der Waals surface area contributed by atoms with E-state index in [2.05, 4.69) is 15.3 Å². The van der Waals surface area contributed by atoms with Crippen LogP contribution in [-0.4, -0.2) is 44.8 Å². The number of nitro groups is 1. The maximum absolute atomic E-state index is 12.5. The Hall–Kier alpha value is -3.63. The molecule has 2 aromatic heterocycles. The largest absolute Gasteiger partial charge is 0.469 e. The highest BCUT2D eigenvalue weighted by molar-refractivity contribution is 5.87.